The van der Waals surface area contributed by atoms with Crippen LogP contribution in [0.2, 0.25) is 0 Å². The van der Waals surface area contributed by atoms with Crippen LogP contribution in [0.3, 0.4) is 0 Å². The van der Waals surface area contributed by atoms with Crippen molar-refractivity contribution >= 4 is 39.3 Å². The normalized spacial score (nSPS) is 12.0. The van der Waals surface area contributed by atoms with Gasteiger partial charge in [0, 0.05) is 35.3 Å². The number of nitrogens with one attached hydrogen (secondary N) is 1. The van der Waals surface area contributed by atoms with Crippen LogP contribution in [-0.2, 0) is 12.7 Å². The van der Waals surface area contributed by atoms with E-state index < -0.39 is 22.4 Å². The molecule has 0 saturated heterocycles. The quantitative estimate of drug-likeness (QED) is 0.156. The van der Waals surface area contributed by atoms with E-state index >= 15 is 0 Å². The Morgan fingerprint density at radius 2 is 1.67 bits per heavy atom. The molecular weight excluding hydrogens is 469 g/mol. The van der Waals surface area contributed by atoms with Crippen LogP contribution in [-0.4, -0.2) is 15.7 Å². The van der Waals surface area contributed by atoms with Gasteiger partial charge in [0.1, 0.15) is 5.69 Å². The molecule has 0 saturated carbocycles. The Bertz CT molecular complexity index is 1620. The number of benzene rings is 4. The molecule has 5 rings (SSSR count). The van der Waals surface area contributed by atoms with Gasteiger partial charge in [0.2, 0.25) is 0 Å². The van der Waals surface area contributed by atoms with E-state index in [1.165, 1.54) is 6.21 Å². The number of alkyl halides is 3. The third-order valence-corrected chi connectivity index (χ3v) is 5.95. The van der Waals surface area contributed by atoms with Crippen molar-refractivity contribution in [3.63, 3.8) is 0 Å². The maximum absolute atomic E-state index is 13.0. The van der Waals surface area contributed by atoms with Crippen molar-refractivity contribution in [2.24, 2.45) is 5.10 Å². The van der Waals surface area contributed by atoms with E-state index in [2.05, 4.69) is 39.4 Å². The zero-order valence-corrected chi connectivity index (χ0v) is 18.7. The monoisotopic (exact) mass is 488 g/mol. The SMILES string of the molecule is O=[N+]([O-])c1cc(C(F)(F)F)ccc1N/N=C/c1cn(Cc2cccc3ccccc23)c2ccccc12. The third-order valence-electron chi connectivity index (χ3n) is 5.95. The van der Waals surface area contributed by atoms with Crippen molar-refractivity contribution in [2.75, 3.05) is 5.43 Å². The fourth-order valence-corrected chi connectivity index (χ4v) is 4.25. The third kappa shape index (κ3) is 4.50. The number of nitro groups is 1. The van der Waals surface area contributed by atoms with E-state index in [4.69, 9.17) is 0 Å². The van der Waals surface area contributed by atoms with Gasteiger partial charge in [-0.3, -0.25) is 15.5 Å². The van der Waals surface area contributed by atoms with Gasteiger partial charge in [-0.05, 0) is 34.5 Å². The number of fused-ring (bicyclic) bond motifs is 2. The molecule has 0 radical (unpaired) electrons. The maximum atomic E-state index is 13.0. The summed E-state index contributed by atoms with van der Waals surface area (Å²) in [7, 11) is 0. The topological polar surface area (TPSA) is 72.5 Å². The van der Waals surface area contributed by atoms with Crippen molar-refractivity contribution in [1.29, 1.82) is 0 Å². The van der Waals surface area contributed by atoms with Gasteiger partial charge in [-0.15, -0.1) is 0 Å². The zero-order valence-electron chi connectivity index (χ0n) is 18.7. The number of aromatic nitrogens is 1. The Balaban J connectivity index is 1.46. The molecule has 9 heteroatoms. The Labute approximate surface area is 203 Å². The molecule has 0 aliphatic heterocycles. The van der Waals surface area contributed by atoms with Crippen LogP contribution in [0.5, 0.6) is 0 Å². The molecule has 6 nitrogen and oxygen atoms in total. The highest BCUT2D eigenvalue weighted by molar-refractivity contribution is 5.99. The van der Waals surface area contributed by atoms with E-state index in [1.54, 1.807) is 0 Å². The predicted octanol–water partition coefficient (Wildman–Crippen LogP) is 7.22. The van der Waals surface area contributed by atoms with Crippen LogP contribution in [0.4, 0.5) is 24.5 Å². The van der Waals surface area contributed by atoms with Crippen molar-refractivity contribution in [2.45, 2.75) is 12.7 Å². The lowest BCUT2D eigenvalue weighted by atomic mass is 10.0. The first kappa shape index (κ1) is 23.1. The lowest BCUT2D eigenvalue weighted by Crippen LogP contribution is -2.06. The molecule has 0 fully saturated rings. The molecule has 1 aromatic heterocycles. The first-order valence-electron chi connectivity index (χ1n) is 11.0. The number of rotatable bonds is 6. The largest absolute Gasteiger partial charge is 0.416 e. The predicted molar refractivity (Wildman–Crippen MR) is 134 cm³/mol. The second kappa shape index (κ2) is 9.18. The molecule has 0 atom stereocenters. The summed E-state index contributed by atoms with van der Waals surface area (Å²) >= 11 is 0. The summed E-state index contributed by atoms with van der Waals surface area (Å²) in [5.41, 5.74) is 3.47. The Morgan fingerprint density at radius 1 is 0.944 bits per heavy atom. The van der Waals surface area contributed by atoms with Crippen molar-refractivity contribution in [1.82, 2.24) is 4.57 Å². The zero-order chi connectivity index (χ0) is 25.3. The summed E-state index contributed by atoms with van der Waals surface area (Å²) < 4.78 is 41.0. The molecule has 0 spiro atoms. The van der Waals surface area contributed by atoms with E-state index in [-0.39, 0.29) is 5.69 Å². The van der Waals surface area contributed by atoms with E-state index in [0.29, 0.717) is 12.6 Å². The molecule has 0 aliphatic carbocycles. The number of para-hydroxylation sites is 1. The average molecular weight is 488 g/mol. The summed E-state index contributed by atoms with van der Waals surface area (Å²) in [6.45, 7) is 0.619. The highest BCUT2D eigenvalue weighted by Gasteiger charge is 2.33. The van der Waals surface area contributed by atoms with Crippen LogP contribution < -0.4 is 5.43 Å². The van der Waals surface area contributed by atoms with Crippen LogP contribution in [0.15, 0.2) is 96.2 Å². The van der Waals surface area contributed by atoms with E-state index in [1.807, 2.05) is 48.7 Å². The van der Waals surface area contributed by atoms with Gasteiger partial charge < -0.3 is 4.57 Å². The van der Waals surface area contributed by atoms with Gasteiger partial charge in [0.25, 0.3) is 5.69 Å². The number of nitrogens with zero attached hydrogens (tertiary/aromatic N) is 3. The lowest BCUT2D eigenvalue weighted by molar-refractivity contribution is -0.384. The highest BCUT2D eigenvalue weighted by atomic mass is 19.4. The molecule has 0 amide bonds. The molecule has 36 heavy (non-hydrogen) atoms. The molecular formula is C27H19F3N4O2. The second-order valence-corrected chi connectivity index (χ2v) is 8.22. The smallest absolute Gasteiger partial charge is 0.342 e. The minimum absolute atomic E-state index is 0.135. The second-order valence-electron chi connectivity index (χ2n) is 8.22. The molecule has 180 valence electrons. The lowest BCUT2D eigenvalue weighted by Gasteiger charge is -2.09. The standard InChI is InChI=1S/C27H19F3N4O2/c28-27(29,30)21-12-13-24(26(14-21)34(35)36)32-31-15-20-17-33(25-11-4-3-10-23(20)25)16-19-8-5-7-18-6-1-2-9-22(18)19/h1-15,17,32H,16H2/b31-15+. The molecule has 0 aliphatic rings. The molecule has 5 aromatic rings. The van der Waals surface area contributed by atoms with Gasteiger partial charge in [0.15, 0.2) is 0 Å². The Kier molecular flexibility index (Phi) is 5.89. The number of hydrazone groups is 1. The molecule has 1 heterocycles. The highest BCUT2D eigenvalue weighted by Crippen LogP contribution is 2.35. The number of hydrogen-bond donors (Lipinski definition) is 1. The van der Waals surface area contributed by atoms with Crippen LogP contribution in [0.1, 0.15) is 16.7 Å². The number of halogens is 3. The average Bonchev–Trinajstić information content (AvgIpc) is 3.21. The summed E-state index contributed by atoms with van der Waals surface area (Å²) in [6, 6.07) is 24.4. The number of anilines is 1. The van der Waals surface area contributed by atoms with Crippen molar-refractivity contribution in [3.05, 3.63) is 118 Å². The van der Waals surface area contributed by atoms with Gasteiger partial charge >= 0.3 is 6.18 Å². The van der Waals surface area contributed by atoms with Gasteiger partial charge in [0.05, 0.1) is 16.7 Å². The fraction of sp³-hybridized carbons (Fsp3) is 0.0741. The minimum Gasteiger partial charge on any atom is -0.342 e. The van der Waals surface area contributed by atoms with Crippen LogP contribution >= 0.6 is 0 Å². The molecule has 0 bridgehead atoms. The van der Waals surface area contributed by atoms with Gasteiger partial charge in [-0.25, -0.2) is 0 Å². The van der Waals surface area contributed by atoms with Crippen molar-refractivity contribution < 1.29 is 18.1 Å². The number of hydrogen-bond acceptors (Lipinski definition) is 4. The van der Waals surface area contributed by atoms with E-state index in [0.717, 1.165) is 44.9 Å². The van der Waals surface area contributed by atoms with Crippen molar-refractivity contribution in [3.8, 4) is 0 Å². The van der Waals surface area contributed by atoms with Gasteiger partial charge in [-0.2, -0.15) is 18.3 Å². The maximum Gasteiger partial charge on any atom is 0.416 e. The Morgan fingerprint density at radius 3 is 2.44 bits per heavy atom. The van der Waals surface area contributed by atoms with Crippen LogP contribution in [0, 0.1) is 10.1 Å². The molecule has 0 unspecified atom stereocenters. The first-order chi connectivity index (χ1) is 17.3. The fourth-order valence-electron chi connectivity index (χ4n) is 4.25. The summed E-state index contributed by atoms with van der Waals surface area (Å²) in [5.74, 6) is 0. The molecule has 4 aromatic carbocycles. The molecule has 1 N–H and O–H groups in total. The summed E-state index contributed by atoms with van der Waals surface area (Å²) in [5, 5.41) is 18.6. The number of nitro benzene ring substituents is 1. The van der Waals surface area contributed by atoms with Crippen LogP contribution in [0.25, 0.3) is 21.7 Å². The first-order valence-corrected chi connectivity index (χ1v) is 11.0. The van der Waals surface area contributed by atoms with Gasteiger partial charge in [-0.1, -0.05) is 60.7 Å². The minimum atomic E-state index is -4.68. The summed E-state index contributed by atoms with van der Waals surface area (Å²) in [4.78, 5) is 10.5. The summed E-state index contributed by atoms with van der Waals surface area (Å²) in [6.07, 6.45) is -1.25. The van der Waals surface area contributed by atoms with E-state index in [9.17, 15) is 23.3 Å². The Hall–Kier alpha value is -4.66.